The second kappa shape index (κ2) is 6.42. The van der Waals surface area contributed by atoms with Gasteiger partial charge >= 0.3 is 12.1 Å². The van der Waals surface area contributed by atoms with Gasteiger partial charge in [0.15, 0.2) is 0 Å². The van der Waals surface area contributed by atoms with Crippen molar-refractivity contribution in [3.05, 3.63) is 12.7 Å². The Hall–Kier alpha value is -1.04. The van der Waals surface area contributed by atoms with Crippen LogP contribution in [-0.4, -0.2) is 34.6 Å². The molecular formula is C8H12BrNO4. The van der Waals surface area contributed by atoms with Crippen molar-refractivity contribution in [1.29, 1.82) is 0 Å². The SMILES string of the molecule is C=CCOC(=O)N[C@H](C(=O)O)[C@@H](C)Br. The molecule has 0 unspecified atom stereocenters. The van der Waals surface area contributed by atoms with Gasteiger partial charge in [0.2, 0.25) is 0 Å². The van der Waals surface area contributed by atoms with E-state index in [-0.39, 0.29) is 11.4 Å². The standard InChI is InChI=1S/C8H12BrNO4/c1-3-4-14-8(13)10-6(5(2)9)7(11)12/h3,5-6H,1,4H2,2H3,(H,10,13)(H,11,12)/t5-,6+/m1/s1. The maximum Gasteiger partial charge on any atom is 0.408 e. The molecule has 0 bridgehead atoms. The van der Waals surface area contributed by atoms with Crippen LogP contribution in [-0.2, 0) is 9.53 Å². The minimum absolute atomic E-state index is 0.0504. The maximum absolute atomic E-state index is 11.0. The molecule has 0 radical (unpaired) electrons. The molecule has 0 saturated carbocycles. The summed E-state index contributed by atoms with van der Waals surface area (Å²) < 4.78 is 4.57. The highest BCUT2D eigenvalue weighted by Crippen LogP contribution is 2.04. The first kappa shape index (κ1) is 13.0. The summed E-state index contributed by atoms with van der Waals surface area (Å²) in [5.74, 6) is -1.12. The van der Waals surface area contributed by atoms with E-state index in [0.29, 0.717) is 0 Å². The number of carbonyl (C=O) groups excluding carboxylic acids is 1. The molecule has 1 amide bonds. The fourth-order valence-electron chi connectivity index (χ4n) is 0.676. The summed E-state index contributed by atoms with van der Waals surface area (Å²) in [6.45, 7) is 5.02. The van der Waals surface area contributed by atoms with E-state index in [1.165, 1.54) is 6.08 Å². The smallest absolute Gasteiger partial charge is 0.408 e. The summed E-state index contributed by atoms with van der Waals surface area (Å²) in [4.78, 5) is 21.2. The van der Waals surface area contributed by atoms with E-state index in [1.54, 1.807) is 6.92 Å². The van der Waals surface area contributed by atoms with Gasteiger partial charge in [-0.1, -0.05) is 35.5 Å². The number of hydrogen-bond acceptors (Lipinski definition) is 3. The third kappa shape index (κ3) is 4.86. The molecule has 0 aliphatic carbocycles. The Kier molecular flexibility index (Phi) is 5.94. The number of amides is 1. The normalized spacial score (nSPS) is 13.9. The summed E-state index contributed by atoms with van der Waals surface area (Å²) in [5.41, 5.74) is 0. The van der Waals surface area contributed by atoms with Crippen LogP contribution in [0.5, 0.6) is 0 Å². The number of carboxylic acids is 1. The molecule has 0 heterocycles. The molecule has 0 aliphatic heterocycles. The monoisotopic (exact) mass is 265 g/mol. The van der Waals surface area contributed by atoms with Gasteiger partial charge < -0.3 is 15.2 Å². The zero-order chi connectivity index (χ0) is 11.1. The van der Waals surface area contributed by atoms with E-state index < -0.39 is 18.1 Å². The van der Waals surface area contributed by atoms with E-state index in [9.17, 15) is 9.59 Å². The van der Waals surface area contributed by atoms with Crippen LogP contribution in [0.3, 0.4) is 0 Å². The highest BCUT2D eigenvalue weighted by atomic mass is 79.9. The molecule has 6 heteroatoms. The first-order valence-corrected chi connectivity index (χ1v) is 4.81. The second-order valence-electron chi connectivity index (χ2n) is 2.52. The third-order valence-corrected chi connectivity index (χ3v) is 1.86. The predicted octanol–water partition coefficient (Wildman–Crippen LogP) is 1.14. The lowest BCUT2D eigenvalue weighted by molar-refractivity contribution is -0.139. The van der Waals surface area contributed by atoms with Crippen molar-refractivity contribution in [1.82, 2.24) is 5.32 Å². The van der Waals surface area contributed by atoms with Crippen molar-refractivity contribution in [2.24, 2.45) is 0 Å². The molecule has 0 aromatic rings. The predicted molar refractivity (Wildman–Crippen MR) is 54.5 cm³/mol. The molecule has 0 rings (SSSR count). The fourth-order valence-corrected chi connectivity index (χ4v) is 1.03. The minimum Gasteiger partial charge on any atom is -0.480 e. The molecule has 0 aromatic carbocycles. The fraction of sp³-hybridized carbons (Fsp3) is 0.500. The quantitative estimate of drug-likeness (QED) is 0.578. The summed E-state index contributed by atoms with van der Waals surface area (Å²) in [5, 5.41) is 10.9. The van der Waals surface area contributed by atoms with E-state index in [1.807, 2.05) is 0 Å². The molecule has 0 fully saturated rings. The number of ether oxygens (including phenoxy) is 1. The van der Waals surface area contributed by atoms with Crippen molar-refractivity contribution in [2.45, 2.75) is 17.8 Å². The average molecular weight is 266 g/mol. The molecule has 2 atom stereocenters. The number of alkyl carbamates (subject to hydrolysis) is 1. The number of alkyl halides is 1. The molecule has 0 aromatic heterocycles. The Morgan fingerprint density at radius 2 is 2.29 bits per heavy atom. The van der Waals surface area contributed by atoms with Gasteiger partial charge in [-0.15, -0.1) is 0 Å². The van der Waals surface area contributed by atoms with Crippen LogP contribution < -0.4 is 5.32 Å². The molecule has 5 nitrogen and oxygen atoms in total. The number of halogens is 1. The molecule has 0 spiro atoms. The maximum atomic E-state index is 11.0. The highest BCUT2D eigenvalue weighted by Gasteiger charge is 2.24. The largest absolute Gasteiger partial charge is 0.480 e. The summed E-state index contributed by atoms with van der Waals surface area (Å²) in [7, 11) is 0. The van der Waals surface area contributed by atoms with Crippen LogP contribution in [0.25, 0.3) is 0 Å². The van der Waals surface area contributed by atoms with Gasteiger partial charge in [-0.25, -0.2) is 9.59 Å². The Labute approximate surface area is 90.3 Å². The van der Waals surface area contributed by atoms with Gasteiger partial charge in [0.05, 0.1) is 0 Å². The van der Waals surface area contributed by atoms with Gasteiger partial charge in [0.25, 0.3) is 0 Å². The van der Waals surface area contributed by atoms with Gasteiger partial charge in [0, 0.05) is 4.83 Å². The highest BCUT2D eigenvalue weighted by molar-refractivity contribution is 9.09. The third-order valence-electron chi connectivity index (χ3n) is 1.33. The van der Waals surface area contributed by atoms with E-state index in [2.05, 4.69) is 32.6 Å². The molecule has 0 aliphatic rings. The molecule has 0 saturated heterocycles. The zero-order valence-electron chi connectivity index (χ0n) is 7.70. The van der Waals surface area contributed by atoms with Gasteiger partial charge in [0.1, 0.15) is 12.6 Å². The first-order chi connectivity index (χ1) is 6.49. The van der Waals surface area contributed by atoms with Gasteiger partial charge in [-0.3, -0.25) is 0 Å². The summed E-state index contributed by atoms with van der Waals surface area (Å²) in [6, 6.07) is -1.01. The number of hydrogen-bond donors (Lipinski definition) is 2. The van der Waals surface area contributed by atoms with Gasteiger partial charge in [-0.05, 0) is 0 Å². The van der Waals surface area contributed by atoms with Crippen molar-refractivity contribution in [2.75, 3.05) is 6.61 Å². The van der Waals surface area contributed by atoms with E-state index >= 15 is 0 Å². The molecule has 14 heavy (non-hydrogen) atoms. The Balaban J connectivity index is 4.09. The number of aliphatic carboxylic acids is 1. The van der Waals surface area contributed by atoms with E-state index in [4.69, 9.17) is 5.11 Å². The zero-order valence-corrected chi connectivity index (χ0v) is 9.28. The lowest BCUT2D eigenvalue weighted by Gasteiger charge is -2.15. The number of carbonyl (C=O) groups is 2. The summed E-state index contributed by atoms with van der Waals surface area (Å²) in [6.07, 6.45) is 0.621. The van der Waals surface area contributed by atoms with Crippen molar-refractivity contribution >= 4 is 28.0 Å². The number of carboxylic acid groups (broad SMARTS) is 1. The van der Waals surface area contributed by atoms with Gasteiger partial charge in [-0.2, -0.15) is 0 Å². The lowest BCUT2D eigenvalue weighted by atomic mass is 10.2. The lowest BCUT2D eigenvalue weighted by Crippen LogP contribution is -2.45. The van der Waals surface area contributed by atoms with E-state index in [0.717, 1.165) is 0 Å². The topological polar surface area (TPSA) is 75.6 Å². The van der Waals surface area contributed by atoms with Crippen LogP contribution in [0.2, 0.25) is 0 Å². The first-order valence-electron chi connectivity index (χ1n) is 3.90. The number of rotatable bonds is 5. The molecule has 2 N–H and O–H groups in total. The van der Waals surface area contributed by atoms with Crippen LogP contribution in [0.1, 0.15) is 6.92 Å². The Morgan fingerprint density at radius 1 is 1.71 bits per heavy atom. The van der Waals surface area contributed by atoms with Crippen molar-refractivity contribution < 1.29 is 19.4 Å². The van der Waals surface area contributed by atoms with Crippen molar-refractivity contribution in [3.8, 4) is 0 Å². The van der Waals surface area contributed by atoms with Crippen molar-refractivity contribution in [3.63, 3.8) is 0 Å². The second-order valence-corrected chi connectivity index (χ2v) is 3.97. The Bertz CT molecular complexity index is 229. The number of nitrogens with one attached hydrogen (secondary N) is 1. The van der Waals surface area contributed by atoms with Crippen LogP contribution >= 0.6 is 15.9 Å². The van der Waals surface area contributed by atoms with Crippen LogP contribution in [0.15, 0.2) is 12.7 Å². The average Bonchev–Trinajstić information content (AvgIpc) is 2.09. The molecular weight excluding hydrogens is 254 g/mol. The minimum atomic E-state index is -1.12. The Morgan fingerprint density at radius 3 is 2.64 bits per heavy atom. The summed E-state index contributed by atoms with van der Waals surface area (Å²) >= 11 is 3.07. The molecule has 80 valence electrons. The van der Waals surface area contributed by atoms with Crippen LogP contribution in [0, 0.1) is 0 Å². The van der Waals surface area contributed by atoms with Crippen LogP contribution in [0.4, 0.5) is 4.79 Å².